The number of ether oxygens (including phenoxy) is 4. The van der Waals surface area contributed by atoms with Crippen molar-refractivity contribution >= 4 is 27.5 Å². The summed E-state index contributed by atoms with van der Waals surface area (Å²) in [6.07, 6.45) is 7.26. The number of fused-ring (bicyclic) bond motifs is 3. The molecular weight excluding hydrogens is 620 g/mol. The molecule has 3 aliphatic heterocycles. The smallest absolute Gasteiger partial charge is 0.319 e. The Kier molecular flexibility index (Phi) is 8.42. The number of nitrogens with zero attached hydrogens (tertiary/aromatic N) is 5. The van der Waals surface area contributed by atoms with E-state index in [1.54, 1.807) is 12.1 Å². The van der Waals surface area contributed by atoms with Crippen LogP contribution in [0.3, 0.4) is 0 Å². The summed E-state index contributed by atoms with van der Waals surface area (Å²) in [6.45, 7) is 5.34. The molecule has 3 saturated heterocycles. The predicted molar refractivity (Wildman–Crippen MR) is 177 cm³/mol. The molecule has 8 rings (SSSR count). The summed E-state index contributed by atoms with van der Waals surface area (Å²) in [7, 11) is 1.45. The number of phenolic OH excluding ortho intramolecular Hbond substituents is 1. The normalized spacial score (nSPS) is 25.0. The average molecular weight is 662 g/mol. The molecule has 4 fully saturated rings. The number of phenols is 1. The number of pyridine rings is 1. The van der Waals surface area contributed by atoms with Crippen molar-refractivity contribution in [1.82, 2.24) is 19.9 Å². The van der Waals surface area contributed by atoms with E-state index >= 15 is 8.78 Å². The molecule has 4 aliphatic rings. The fourth-order valence-corrected chi connectivity index (χ4v) is 8.60. The Morgan fingerprint density at radius 1 is 0.958 bits per heavy atom. The lowest BCUT2D eigenvalue weighted by Crippen LogP contribution is -2.55. The van der Waals surface area contributed by atoms with Crippen molar-refractivity contribution < 1.29 is 32.8 Å². The minimum Gasteiger partial charge on any atom is -0.508 e. The Morgan fingerprint density at radius 3 is 2.71 bits per heavy atom. The van der Waals surface area contributed by atoms with Crippen LogP contribution in [0.4, 0.5) is 14.6 Å². The van der Waals surface area contributed by atoms with Gasteiger partial charge in [0.25, 0.3) is 0 Å². The van der Waals surface area contributed by atoms with Crippen molar-refractivity contribution in [2.45, 2.75) is 57.0 Å². The fourth-order valence-electron chi connectivity index (χ4n) is 8.60. The second-order valence-corrected chi connectivity index (χ2v) is 13.5. The van der Waals surface area contributed by atoms with Crippen LogP contribution >= 0.6 is 0 Å². The van der Waals surface area contributed by atoms with Crippen molar-refractivity contribution in [2.75, 3.05) is 64.7 Å². The number of hydrogen-bond donors (Lipinski definition) is 1. The fraction of sp³-hybridized carbons (Fsp3) is 0.528. The van der Waals surface area contributed by atoms with Crippen LogP contribution in [0.1, 0.15) is 44.9 Å². The summed E-state index contributed by atoms with van der Waals surface area (Å²) in [5.41, 5.74) is -0.176. The Labute approximate surface area is 278 Å². The lowest BCUT2D eigenvalue weighted by Gasteiger charge is -2.48. The van der Waals surface area contributed by atoms with Crippen molar-refractivity contribution in [3.8, 4) is 28.9 Å². The molecule has 0 bridgehead atoms. The summed E-state index contributed by atoms with van der Waals surface area (Å²) in [4.78, 5) is 18.9. The van der Waals surface area contributed by atoms with Gasteiger partial charge in [0, 0.05) is 54.8 Å². The maximum atomic E-state index is 17.0. The predicted octanol–water partition coefficient (Wildman–Crippen LogP) is 5.87. The number of aromatic hydroxyl groups is 1. The highest BCUT2D eigenvalue weighted by molar-refractivity contribution is 6.02. The van der Waals surface area contributed by atoms with Gasteiger partial charge in [-0.3, -0.25) is 4.90 Å². The van der Waals surface area contributed by atoms with Crippen molar-refractivity contribution in [3.05, 3.63) is 42.0 Å². The van der Waals surface area contributed by atoms with Gasteiger partial charge in [-0.15, -0.1) is 0 Å². The highest BCUT2D eigenvalue weighted by Crippen LogP contribution is 2.49. The van der Waals surface area contributed by atoms with Gasteiger partial charge in [0.05, 0.1) is 26.9 Å². The zero-order chi connectivity index (χ0) is 32.8. The Balaban J connectivity index is 1.25. The maximum absolute atomic E-state index is 17.0. The number of anilines is 1. The number of likely N-dealkylation sites (tertiary alicyclic amines) is 1. The van der Waals surface area contributed by atoms with Crippen LogP contribution < -0.4 is 14.4 Å². The summed E-state index contributed by atoms with van der Waals surface area (Å²) < 4.78 is 56.0. The third-order valence-corrected chi connectivity index (χ3v) is 10.8. The second-order valence-electron chi connectivity index (χ2n) is 13.5. The number of rotatable bonds is 7. The van der Waals surface area contributed by atoms with Gasteiger partial charge in [-0.1, -0.05) is 18.6 Å². The first kappa shape index (κ1) is 31.4. The third-order valence-electron chi connectivity index (χ3n) is 10.8. The average Bonchev–Trinajstić information content (AvgIpc) is 3.71. The molecule has 3 atom stereocenters. The lowest BCUT2D eigenvalue weighted by atomic mass is 9.75. The molecule has 5 heterocycles. The number of benzene rings is 2. The molecular formula is C36H41F2N5O5. The minimum atomic E-state index is -0.775. The van der Waals surface area contributed by atoms with Gasteiger partial charge >= 0.3 is 6.01 Å². The second kappa shape index (κ2) is 12.9. The first-order chi connectivity index (χ1) is 23.5. The van der Waals surface area contributed by atoms with Gasteiger partial charge in [0.2, 0.25) is 5.88 Å². The topological polar surface area (TPSA) is 102 Å². The zero-order valence-electron chi connectivity index (χ0n) is 27.2. The van der Waals surface area contributed by atoms with Crippen molar-refractivity contribution in [2.24, 2.45) is 5.41 Å². The molecule has 1 saturated carbocycles. The van der Waals surface area contributed by atoms with Gasteiger partial charge < -0.3 is 29.0 Å². The molecule has 1 aliphatic carbocycles. The summed E-state index contributed by atoms with van der Waals surface area (Å²) in [5, 5.41) is 11.4. The number of piperidine rings is 1. The van der Waals surface area contributed by atoms with E-state index in [1.165, 1.54) is 25.3 Å². The Morgan fingerprint density at radius 2 is 1.85 bits per heavy atom. The standard InChI is InChI=1S/C36H41F2N5O5/c1-45-34-29-32(30(38)31(39-34)25-19-24(44)18-22-6-2-7-26(37)28(22)25)40-35(41-33(29)42-12-5-15-46-17-14-42)48-21-36-10-3-8-27(36)43(13-4-11-36)23-9-16-47-20-23/h2,6-7,18-19,23,27,44H,3-5,8-17,20-21H2,1H3. The van der Waals surface area contributed by atoms with E-state index in [1.807, 2.05) is 4.90 Å². The van der Waals surface area contributed by atoms with Crippen LogP contribution in [0.25, 0.3) is 32.9 Å². The van der Waals surface area contributed by atoms with E-state index in [-0.39, 0.29) is 45.2 Å². The number of halogens is 2. The van der Waals surface area contributed by atoms with Crippen LogP contribution in [0.15, 0.2) is 30.3 Å². The number of hydrogen-bond acceptors (Lipinski definition) is 10. The molecule has 48 heavy (non-hydrogen) atoms. The zero-order valence-corrected chi connectivity index (χ0v) is 27.2. The first-order valence-corrected chi connectivity index (χ1v) is 17.1. The van der Waals surface area contributed by atoms with E-state index in [0.29, 0.717) is 61.6 Å². The van der Waals surface area contributed by atoms with Gasteiger partial charge in [-0.2, -0.15) is 9.97 Å². The Hall–Kier alpha value is -3.87. The molecule has 3 unspecified atom stereocenters. The van der Waals surface area contributed by atoms with Crippen LogP contribution in [0, 0.1) is 17.0 Å². The molecule has 1 N–H and O–H groups in total. The van der Waals surface area contributed by atoms with Gasteiger partial charge in [-0.25, -0.2) is 13.8 Å². The molecule has 0 radical (unpaired) electrons. The highest BCUT2D eigenvalue weighted by atomic mass is 19.1. The summed E-state index contributed by atoms with van der Waals surface area (Å²) in [5.74, 6) is -0.928. The molecule has 254 valence electrons. The quantitative estimate of drug-likeness (QED) is 0.259. The molecule has 10 nitrogen and oxygen atoms in total. The number of aromatic nitrogens is 3. The molecule has 2 aromatic carbocycles. The van der Waals surface area contributed by atoms with E-state index < -0.39 is 11.6 Å². The molecule has 2 aromatic heterocycles. The largest absolute Gasteiger partial charge is 0.508 e. The molecule has 0 spiro atoms. The van der Waals surface area contributed by atoms with Crippen molar-refractivity contribution in [3.63, 3.8) is 0 Å². The number of methoxy groups -OCH3 is 1. The highest BCUT2D eigenvalue weighted by Gasteiger charge is 2.50. The first-order valence-electron chi connectivity index (χ1n) is 17.1. The van der Waals surface area contributed by atoms with E-state index in [9.17, 15) is 5.11 Å². The SMILES string of the molecule is COc1nc(-c2cc(O)cc3cccc(F)c23)c(F)c2nc(OCC34CCCC3N(C3CCOC3)CCC4)nc(N3CCCOCC3)c12. The molecule has 0 amide bonds. The third kappa shape index (κ3) is 5.47. The van der Waals surface area contributed by atoms with Crippen LogP contribution in [0.2, 0.25) is 0 Å². The monoisotopic (exact) mass is 661 g/mol. The minimum absolute atomic E-state index is 0.0382. The Bertz CT molecular complexity index is 1830. The van der Waals surface area contributed by atoms with Crippen LogP contribution in [-0.2, 0) is 9.47 Å². The van der Waals surface area contributed by atoms with Gasteiger partial charge in [-0.05, 0) is 68.7 Å². The van der Waals surface area contributed by atoms with Gasteiger partial charge in [0.1, 0.15) is 34.0 Å². The van der Waals surface area contributed by atoms with Gasteiger partial charge in [0.15, 0.2) is 5.82 Å². The van der Waals surface area contributed by atoms with Crippen LogP contribution in [0.5, 0.6) is 17.6 Å². The molecule has 12 heteroatoms. The van der Waals surface area contributed by atoms with Crippen molar-refractivity contribution in [1.29, 1.82) is 0 Å². The van der Waals surface area contributed by atoms with E-state index in [2.05, 4.69) is 14.9 Å². The maximum Gasteiger partial charge on any atom is 0.319 e. The lowest BCUT2D eigenvalue weighted by molar-refractivity contribution is -0.0240. The summed E-state index contributed by atoms with van der Waals surface area (Å²) in [6, 6.07) is 8.16. The van der Waals surface area contributed by atoms with E-state index in [4.69, 9.17) is 23.9 Å². The van der Waals surface area contributed by atoms with E-state index in [0.717, 1.165) is 64.7 Å². The summed E-state index contributed by atoms with van der Waals surface area (Å²) >= 11 is 0. The molecule has 4 aromatic rings. The van der Waals surface area contributed by atoms with Crippen LogP contribution in [-0.4, -0.2) is 96.8 Å².